The molecule has 134 valence electrons. The summed E-state index contributed by atoms with van der Waals surface area (Å²) in [4.78, 5) is 23.7. The molecule has 2 N–H and O–H groups in total. The Morgan fingerprint density at radius 3 is 2.56 bits per heavy atom. The molecular weight excluding hydrogens is 406 g/mol. The molecule has 1 atom stereocenters. The second-order valence-electron chi connectivity index (χ2n) is 5.66. The maximum absolute atomic E-state index is 11.9. The van der Waals surface area contributed by atoms with Crippen LogP contribution in [0.1, 0.15) is 18.2 Å². The number of thioether (sulfide) groups is 1. The first-order valence-corrected chi connectivity index (χ1v) is 9.72. The van der Waals surface area contributed by atoms with Gasteiger partial charge >= 0.3 is 0 Å². The van der Waals surface area contributed by atoms with Crippen molar-refractivity contribution in [3.8, 4) is 0 Å². The highest BCUT2D eigenvalue weighted by Crippen LogP contribution is 2.12. The average molecular weight is 426 g/mol. The summed E-state index contributed by atoms with van der Waals surface area (Å²) in [5.41, 5.74) is 1.16. The Bertz CT molecular complexity index is 718. The summed E-state index contributed by atoms with van der Waals surface area (Å²) >= 11 is 4.66. The van der Waals surface area contributed by atoms with Crippen molar-refractivity contribution in [3.63, 3.8) is 0 Å². The molecule has 0 bridgehead atoms. The maximum Gasteiger partial charge on any atom is 0.235 e. The highest BCUT2D eigenvalue weighted by molar-refractivity contribution is 9.10. The molecule has 2 amide bonds. The van der Waals surface area contributed by atoms with Crippen molar-refractivity contribution in [3.05, 3.63) is 46.1 Å². The lowest BCUT2D eigenvalue weighted by atomic mass is 10.1. The largest absolute Gasteiger partial charge is 0.360 e. The fourth-order valence-corrected chi connectivity index (χ4v) is 3.07. The number of rotatable bonds is 8. The summed E-state index contributed by atoms with van der Waals surface area (Å²) in [6.45, 7) is 3.71. The van der Waals surface area contributed by atoms with E-state index in [4.69, 9.17) is 4.52 Å². The van der Waals surface area contributed by atoms with Gasteiger partial charge in [0.05, 0.1) is 11.5 Å². The van der Waals surface area contributed by atoms with Crippen LogP contribution in [0, 0.1) is 6.92 Å². The van der Waals surface area contributed by atoms with Gasteiger partial charge in [0.25, 0.3) is 0 Å². The number of aryl methyl sites for hydroxylation is 1. The molecule has 0 unspecified atom stereocenters. The van der Waals surface area contributed by atoms with E-state index in [1.54, 1.807) is 13.0 Å². The highest BCUT2D eigenvalue weighted by atomic mass is 79.9. The summed E-state index contributed by atoms with van der Waals surface area (Å²) in [6, 6.07) is 9.68. The van der Waals surface area contributed by atoms with Crippen molar-refractivity contribution in [2.45, 2.75) is 26.3 Å². The van der Waals surface area contributed by atoms with Crippen LogP contribution in [0.5, 0.6) is 0 Å². The van der Waals surface area contributed by atoms with Gasteiger partial charge in [-0.3, -0.25) is 9.59 Å². The first-order chi connectivity index (χ1) is 11.9. The Morgan fingerprint density at radius 1 is 1.24 bits per heavy atom. The van der Waals surface area contributed by atoms with Crippen molar-refractivity contribution in [1.82, 2.24) is 10.5 Å². The molecule has 0 spiro atoms. The molecule has 0 aliphatic heterocycles. The monoisotopic (exact) mass is 425 g/mol. The number of halogens is 1. The number of aromatic nitrogens is 1. The maximum atomic E-state index is 11.9. The molecule has 0 aliphatic carbocycles. The molecular formula is C17H20BrN3O3S. The second kappa shape index (κ2) is 9.62. The van der Waals surface area contributed by atoms with Crippen LogP contribution in [0.2, 0.25) is 0 Å². The van der Waals surface area contributed by atoms with Gasteiger partial charge in [-0.15, -0.1) is 11.8 Å². The van der Waals surface area contributed by atoms with Gasteiger partial charge in [0, 0.05) is 16.6 Å². The second-order valence-corrected chi connectivity index (χ2v) is 7.56. The number of anilines is 1. The van der Waals surface area contributed by atoms with E-state index in [1.165, 1.54) is 11.8 Å². The molecule has 6 nitrogen and oxygen atoms in total. The van der Waals surface area contributed by atoms with Gasteiger partial charge in [-0.2, -0.15) is 0 Å². The first kappa shape index (κ1) is 19.5. The topological polar surface area (TPSA) is 84.2 Å². The zero-order valence-corrected chi connectivity index (χ0v) is 16.4. The number of nitrogens with one attached hydrogen (secondary N) is 2. The lowest BCUT2D eigenvalue weighted by Crippen LogP contribution is -2.35. The van der Waals surface area contributed by atoms with Crippen molar-refractivity contribution in [2.24, 2.45) is 0 Å². The smallest absolute Gasteiger partial charge is 0.235 e. The summed E-state index contributed by atoms with van der Waals surface area (Å²) in [5, 5.41) is 9.24. The lowest BCUT2D eigenvalue weighted by Gasteiger charge is -2.14. The average Bonchev–Trinajstić information content (AvgIpc) is 2.94. The van der Waals surface area contributed by atoms with Crippen LogP contribution in [0.4, 0.5) is 5.82 Å². The number of hydrogen-bond donors (Lipinski definition) is 2. The van der Waals surface area contributed by atoms with Gasteiger partial charge in [-0.1, -0.05) is 33.2 Å². The van der Waals surface area contributed by atoms with Crippen molar-refractivity contribution < 1.29 is 14.1 Å². The Morgan fingerprint density at radius 2 is 1.92 bits per heavy atom. The van der Waals surface area contributed by atoms with Crippen LogP contribution in [-0.2, 0) is 16.0 Å². The Balaban J connectivity index is 1.64. The minimum atomic E-state index is -0.214. The van der Waals surface area contributed by atoms with Gasteiger partial charge in [-0.05, 0) is 38.0 Å². The van der Waals surface area contributed by atoms with Crippen molar-refractivity contribution in [2.75, 3.05) is 16.8 Å². The number of nitrogens with zero attached hydrogens (tertiary/aromatic N) is 1. The van der Waals surface area contributed by atoms with E-state index in [9.17, 15) is 9.59 Å². The molecule has 0 fully saturated rings. The van der Waals surface area contributed by atoms with Crippen molar-refractivity contribution in [1.29, 1.82) is 0 Å². The predicted molar refractivity (Wildman–Crippen MR) is 103 cm³/mol. The van der Waals surface area contributed by atoms with Gasteiger partial charge in [0.15, 0.2) is 5.82 Å². The van der Waals surface area contributed by atoms with E-state index in [1.807, 2.05) is 31.2 Å². The van der Waals surface area contributed by atoms with E-state index in [0.29, 0.717) is 11.6 Å². The first-order valence-electron chi connectivity index (χ1n) is 7.77. The molecule has 25 heavy (non-hydrogen) atoms. The zero-order chi connectivity index (χ0) is 18.2. The fraction of sp³-hybridized carbons (Fsp3) is 0.353. The van der Waals surface area contributed by atoms with Crippen molar-refractivity contribution >= 4 is 45.3 Å². The Hall–Kier alpha value is -1.80. The third kappa shape index (κ3) is 7.31. The molecule has 0 saturated heterocycles. The van der Waals surface area contributed by atoms with Crippen LogP contribution >= 0.6 is 27.7 Å². The van der Waals surface area contributed by atoms with Gasteiger partial charge in [0.1, 0.15) is 5.76 Å². The van der Waals surface area contributed by atoms with Crippen LogP contribution < -0.4 is 10.6 Å². The van der Waals surface area contributed by atoms with E-state index in [-0.39, 0.29) is 29.4 Å². The van der Waals surface area contributed by atoms with Gasteiger partial charge < -0.3 is 15.2 Å². The molecule has 2 aromatic rings. The Labute approximate surface area is 159 Å². The summed E-state index contributed by atoms with van der Waals surface area (Å²) in [7, 11) is 0. The quantitative estimate of drug-likeness (QED) is 0.678. The summed E-state index contributed by atoms with van der Waals surface area (Å²) in [6.07, 6.45) is 0.760. The molecule has 0 radical (unpaired) electrons. The summed E-state index contributed by atoms with van der Waals surface area (Å²) in [5.74, 6) is 1.13. The predicted octanol–water partition coefficient (Wildman–Crippen LogP) is 3.16. The number of carbonyl (C=O) groups excluding carboxylic acids is 2. The van der Waals surface area contributed by atoms with E-state index >= 15 is 0 Å². The molecule has 1 heterocycles. The van der Waals surface area contributed by atoms with Crippen LogP contribution in [0.25, 0.3) is 0 Å². The third-order valence-electron chi connectivity index (χ3n) is 3.22. The van der Waals surface area contributed by atoms with E-state index in [0.717, 1.165) is 16.5 Å². The van der Waals surface area contributed by atoms with E-state index in [2.05, 4.69) is 31.7 Å². The molecule has 8 heteroatoms. The number of hydrogen-bond acceptors (Lipinski definition) is 5. The third-order valence-corrected chi connectivity index (χ3v) is 4.69. The van der Waals surface area contributed by atoms with Gasteiger partial charge in [0.2, 0.25) is 11.8 Å². The molecule has 1 aromatic heterocycles. The fourth-order valence-electron chi connectivity index (χ4n) is 2.18. The molecule has 2 rings (SSSR count). The standard InChI is InChI=1S/C17H20BrN3O3S/c1-11(7-13-3-5-14(18)6-4-13)19-16(22)9-25-10-17(23)20-15-8-12(2)24-21-15/h3-6,8,11H,7,9-10H2,1-2H3,(H,19,22)(H,20,21,23)/t11-/m0/s1. The zero-order valence-electron chi connectivity index (χ0n) is 14.0. The number of amides is 2. The Kier molecular flexibility index (Phi) is 7.52. The van der Waals surface area contributed by atoms with E-state index < -0.39 is 0 Å². The molecule has 0 aliphatic rings. The number of carbonyl (C=O) groups is 2. The lowest BCUT2D eigenvalue weighted by molar-refractivity contribution is -0.119. The normalized spacial score (nSPS) is 11.8. The summed E-state index contributed by atoms with van der Waals surface area (Å²) < 4.78 is 5.90. The minimum absolute atomic E-state index is 0.0289. The van der Waals surface area contributed by atoms with Crippen LogP contribution in [0.3, 0.4) is 0 Å². The van der Waals surface area contributed by atoms with Gasteiger partial charge in [-0.25, -0.2) is 0 Å². The molecule has 0 saturated carbocycles. The number of benzene rings is 1. The SMILES string of the molecule is Cc1cc(NC(=O)CSCC(=O)N[C@@H](C)Cc2ccc(Br)cc2)no1. The molecule has 1 aromatic carbocycles. The minimum Gasteiger partial charge on any atom is -0.360 e. The highest BCUT2D eigenvalue weighted by Gasteiger charge is 2.11. The van der Waals surface area contributed by atoms with Crippen LogP contribution in [-0.4, -0.2) is 34.5 Å². The van der Waals surface area contributed by atoms with Crippen LogP contribution in [0.15, 0.2) is 39.3 Å².